The Kier molecular flexibility index (Phi) is 6.36. The van der Waals surface area contributed by atoms with Gasteiger partial charge in [-0.15, -0.1) is 0 Å². The Morgan fingerprint density at radius 3 is 2.57 bits per heavy atom. The molecule has 0 heterocycles. The highest BCUT2D eigenvalue weighted by Gasteiger charge is 2.42. The molecule has 0 spiro atoms. The van der Waals surface area contributed by atoms with Crippen molar-refractivity contribution in [3.63, 3.8) is 0 Å². The van der Waals surface area contributed by atoms with E-state index in [4.69, 9.17) is 21.6 Å². The van der Waals surface area contributed by atoms with Gasteiger partial charge < -0.3 is 21.3 Å². The first-order chi connectivity index (χ1) is 9.87. The van der Waals surface area contributed by atoms with Crippen molar-refractivity contribution in [2.45, 2.75) is 58.2 Å². The van der Waals surface area contributed by atoms with E-state index in [1.807, 2.05) is 13.8 Å². The molecule has 6 nitrogen and oxygen atoms in total. The minimum atomic E-state index is -1.33. The highest BCUT2D eigenvalue weighted by molar-refractivity contribution is 6.43. The monoisotopic (exact) mass is 297 g/mol. The van der Waals surface area contributed by atoms with Crippen molar-refractivity contribution in [2.24, 2.45) is 17.4 Å². The lowest BCUT2D eigenvalue weighted by molar-refractivity contribution is -0.241. The summed E-state index contributed by atoms with van der Waals surface area (Å²) in [7, 11) is 0. The molecule has 2 atom stereocenters. The van der Waals surface area contributed by atoms with Crippen LogP contribution in [0.3, 0.4) is 0 Å². The van der Waals surface area contributed by atoms with E-state index in [-0.39, 0.29) is 0 Å². The number of hydrogen-bond acceptors (Lipinski definition) is 5. The Balaban J connectivity index is 3.18. The lowest BCUT2D eigenvalue weighted by atomic mass is 9.79. The zero-order valence-corrected chi connectivity index (χ0v) is 12.9. The summed E-state index contributed by atoms with van der Waals surface area (Å²) in [6.07, 6.45) is 4.12. The molecule has 0 saturated heterocycles. The fourth-order valence-electron chi connectivity index (χ4n) is 2.96. The molecule has 0 aromatic heterocycles. The molecule has 6 N–H and O–H groups in total. The van der Waals surface area contributed by atoms with Crippen molar-refractivity contribution in [3.8, 4) is 0 Å². The molecule has 120 valence electrons. The van der Waals surface area contributed by atoms with Crippen LogP contribution < -0.4 is 11.5 Å². The topological polar surface area (TPSA) is 122 Å². The third-order valence-electron chi connectivity index (χ3n) is 3.96. The molecule has 6 heteroatoms. The average Bonchev–Trinajstić information content (AvgIpc) is 2.43. The fraction of sp³-hybridized carbons (Fsp3) is 0.733. The van der Waals surface area contributed by atoms with Crippen LogP contribution in [0.25, 0.3) is 0 Å². The van der Waals surface area contributed by atoms with Gasteiger partial charge in [0.05, 0.1) is 5.92 Å². The first-order valence-corrected chi connectivity index (χ1v) is 7.60. The van der Waals surface area contributed by atoms with Gasteiger partial charge in [-0.05, 0) is 26.2 Å². The third-order valence-corrected chi connectivity index (χ3v) is 3.96. The minimum absolute atomic E-state index is 0.327. The van der Waals surface area contributed by atoms with E-state index in [1.165, 1.54) is 0 Å². The number of Topliss-reactive ketones (excluding diaryl/α,β-unsaturated/α-hetero) is 1. The molecule has 0 aliphatic heterocycles. The van der Waals surface area contributed by atoms with Crippen LogP contribution in [0.4, 0.5) is 0 Å². The van der Waals surface area contributed by atoms with E-state index in [1.54, 1.807) is 0 Å². The summed E-state index contributed by atoms with van der Waals surface area (Å²) in [6.45, 7) is 4.12. The van der Waals surface area contributed by atoms with Gasteiger partial charge in [0, 0.05) is 24.3 Å². The number of hydrogen-bond donors (Lipinski definition) is 4. The molecule has 21 heavy (non-hydrogen) atoms. The molecule has 1 unspecified atom stereocenters. The van der Waals surface area contributed by atoms with Crippen molar-refractivity contribution >= 4 is 11.6 Å². The van der Waals surface area contributed by atoms with Gasteiger partial charge in [0.2, 0.25) is 5.78 Å². The SMILES string of the molecule is CCC/C(C(=O)C(=N)N)=C(/N)[C@H]1CCCCC1(O)OCC. The maximum Gasteiger partial charge on any atom is 0.224 e. The summed E-state index contributed by atoms with van der Waals surface area (Å²) in [4.78, 5) is 12.1. The summed E-state index contributed by atoms with van der Waals surface area (Å²) >= 11 is 0. The summed E-state index contributed by atoms with van der Waals surface area (Å²) in [6, 6.07) is 0. The number of amidine groups is 1. The molecular weight excluding hydrogens is 270 g/mol. The number of carbonyl (C=O) groups is 1. The van der Waals surface area contributed by atoms with Crippen molar-refractivity contribution in [1.29, 1.82) is 5.41 Å². The molecule has 1 rings (SSSR count). The van der Waals surface area contributed by atoms with Crippen LogP contribution in [0.2, 0.25) is 0 Å². The predicted molar refractivity (Wildman–Crippen MR) is 81.6 cm³/mol. The second-order valence-electron chi connectivity index (χ2n) is 5.50. The molecule has 0 amide bonds. The number of nitrogens with one attached hydrogen (secondary N) is 1. The Hall–Kier alpha value is -1.40. The molecule has 1 fully saturated rings. The molecule has 0 radical (unpaired) electrons. The van der Waals surface area contributed by atoms with Gasteiger partial charge in [-0.2, -0.15) is 0 Å². The highest BCUT2D eigenvalue weighted by Crippen LogP contribution is 2.39. The van der Waals surface area contributed by atoms with Gasteiger partial charge in [0.1, 0.15) is 0 Å². The summed E-state index contributed by atoms with van der Waals surface area (Å²) in [5.74, 6) is -2.81. The van der Waals surface area contributed by atoms with Crippen LogP contribution in [0, 0.1) is 11.3 Å². The fourth-order valence-corrected chi connectivity index (χ4v) is 2.96. The van der Waals surface area contributed by atoms with E-state index in [2.05, 4.69) is 0 Å². The van der Waals surface area contributed by atoms with E-state index in [0.29, 0.717) is 37.1 Å². The van der Waals surface area contributed by atoms with Gasteiger partial charge in [0.15, 0.2) is 11.6 Å². The summed E-state index contributed by atoms with van der Waals surface area (Å²) in [5.41, 5.74) is 12.2. The van der Waals surface area contributed by atoms with E-state index in [9.17, 15) is 9.90 Å². The zero-order valence-electron chi connectivity index (χ0n) is 12.9. The molecule has 0 aromatic rings. The Morgan fingerprint density at radius 1 is 1.38 bits per heavy atom. The van der Waals surface area contributed by atoms with Crippen molar-refractivity contribution in [2.75, 3.05) is 6.61 Å². The second-order valence-corrected chi connectivity index (χ2v) is 5.50. The number of ketones is 1. The lowest BCUT2D eigenvalue weighted by Crippen LogP contribution is -2.46. The predicted octanol–water partition coefficient (Wildman–Crippen LogP) is 1.42. The van der Waals surface area contributed by atoms with Crippen LogP contribution in [-0.4, -0.2) is 29.1 Å². The maximum absolute atomic E-state index is 12.1. The second kappa shape index (κ2) is 7.56. The van der Waals surface area contributed by atoms with E-state index < -0.39 is 23.3 Å². The Morgan fingerprint density at radius 2 is 2.05 bits per heavy atom. The molecule has 0 aromatic carbocycles. The Labute approximate surface area is 126 Å². The van der Waals surface area contributed by atoms with Crippen LogP contribution in [-0.2, 0) is 9.53 Å². The molecule has 1 aliphatic rings. The number of carbonyl (C=O) groups excluding carboxylic acids is 1. The van der Waals surface area contributed by atoms with Crippen LogP contribution in [0.15, 0.2) is 11.3 Å². The molecule has 0 bridgehead atoms. The molecule has 1 aliphatic carbocycles. The van der Waals surface area contributed by atoms with Crippen LogP contribution >= 0.6 is 0 Å². The first-order valence-electron chi connectivity index (χ1n) is 7.60. The normalized spacial score (nSPS) is 27.1. The number of aliphatic hydroxyl groups is 1. The zero-order chi connectivity index (χ0) is 16.0. The first kappa shape index (κ1) is 17.7. The van der Waals surface area contributed by atoms with Gasteiger partial charge >= 0.3 is 0 Å². The van der Waals surface area contributed by atoms with Crippen LogP contribution in [0.5, 0.6) is 0 Å². The van der Waals surface area contributed by atoms with Crippen molar-refractivity contribution < 1.29 is 14.6 Å². The Bertz CT molecular complexity index is 430. The van der Waals surface area contributed by atoms with E-state index in [0.717, 1.165) is 19.3 Å². The van der Waals surface area contributed by atoms with E-state index >= 15 is 0 Å². The van der Waals surface area contributed by atoms with Crippen molar-refractivity contribution in [3.05, 3.63) is 11.3 Å². The van der Waals surface area contributed by atoms with Gasteiger partial charge in [-0.25, -0.2) is 0 Å². The van der Waals surface area contributed by atoms with Crippen LogP contribution in [0.1, 0.15) is 52.4 Å². The average molecular weight is 297 g/mol. The standard InChI is InChI=1S/C15H27N3O3/c1-3-7-10(13(19)14(17)18)12(16)11-8-5-6-9-15(11,20)21-4-2/h11,20H,3-9,16H2,1-2H3,(H3,17,18)/b12-10-/t11-,15?/m1/s1. The van der Waals surface area contributed by atoms with Gasteiger partial charge in [-0.1, -0.05) is 19.8 Å². The molecular formula is C15H27N3O3. The third kappa shape index (κ3) is 4.04. The van der Waals surface area contributed by atoms with Crippen molar-refractivity contribution in [1.82, 2.24) is 0 Å². The number of rotatable bonds is 7. The number of nitrogens with two attached hydrogens (primary N) is 2. The van der Waals surface area contributed by atoms with Gasteiger partial charge in [-0.3, -0.25) is 10.2 Å². The summed E-state index contributed by atoms with van der Waals surface area (Å²) < 4.78 is 5.52. The largest absolute Gasteiger partial charge is 0.401 e. The lowest BCUT2D eigenvalue weighted by Gasteiger charge is -2.40. The smallest absolute Gasteiger partial charge is 0.224 e. The maximum atomic E-state index is 12.1. The summed E-state index contributed by atoms with van der Waals surface area (Å²) in [5, 5.41) is 18.0. The highest BCUT2D eigenvalue weighted by atomic mass is 16.6. The van der Waals surface area contributed by atoms with Gasteiger partial charge in [0.25, 0.3) is 0 Å². The quantitative estimate of drug-likeness (QED) is 0.245. The minimum Gasteiger partial charge on any atom is -0.401 e. The number of ether oxygens (including phenoxy) is 1. The molecule has 1 saturated carbocycles.